The molecular formula is C21H28N2O4. The Balaban J connectivity index is 1.94. The molecule has 0 aromatic heterocycles. The standard InChI is InChI=1S/C21H28N2O4/c1-15(2)14-23(13-12-20(25)27-3)19(24)11-6-16-4-7-17(8-5-16)21(26)22-18-9-10-18/h4-8,11,15,18H,9-10,12-14H2,1-3H3,(H,22,26)/b11-6+. The van der Waals surface area contributed by atoms with E-state index >= 15 is 0 Å². The minimum Gasteiger partial charge on any atom is -0.469 e. The monoisotopic (exact) mass is 372 g/mol. The van der Waals surface area contributed by atoms with E-state index in [1.807, 2.05) is 26.0 Å². The fourth-order valence-corrected chi connectivity index (χ4v) is 2.58. The number of hydrogen-bond donors (Lipinski definition) is 1. The lowest BCUT2D eigenvalue weighted by Gasteiger charge is -2.22. The number of methoxy groups -OCH3 is 1. The minimum atomic E-state index is -0.333. The van der Waals surface area contributed by atoms with Crippen LogP contribution in [0.25, 0.3) is 6.08 Å². The average Bonchev–Trinajstić information content (AvgIpc) is 3.46. The molecule has 0 aliphatic heterocycles. The van der Waals surface area contributed by atoms with Gasteiger partial charge in [-0.25, -0.2) is 0 Å². The Morgan fingerprint density at radius 3 is 2.44 bits per heavy atom. The first-order valence-electron chi connectivity index (χ1n) is 9.33. The van der Waals surface area contributed by atoms with Crippen molar-refractivity contribution in [2.75, 3.05) is 20.2 Å². The third-order valence-electron chi connectivity index (χ3n) is 4.21. The maximum absolute atomic E-state index is 12.5. The summed E-state index contributed by atoms with van der Waals surface area (Å²) >= 11 is 0. The van der Waals surface area contributed by atoms with Gasteiger partial charge < -0.3 is 15.0 Å². The molecule has 27 heavy (non-hydrogen) atoms. The van der Waals surface area contributed by atoms with Gasteiger partial charge in [0.05, 0.1) is 13.5 Å². The predicted octanol–water partition coefficient (Wildman–Crippen LogP) is 2.64. The number of nitrogens with zero attached hydrogens (tertiary/aromatic N) is 1. The minimum absolute atomic E-state index is 0.0602. The molecule has 1 aromatic carbocycles. The molecule has 0 atom stereocenters. The number of esters is 1. The van der Waals surface area contributed by atoms with Crippen molar-refractivity contribution in [1.29, 1.82) is 0 Å². The van der Waals surface area contributed by atoms with Gasteiger partial charge in [-0.15, -0.1) is 0 Å². The lowest BCUT2D eigenvalue weighted by atomic mass is 10.1. The quantitative estimate of drug-likeness (QED) is 0.534. The number of carbonyl (C=O) groups is 3. The first kappa shape index (κ1) is 20.7. The van der Waals surface area contributed by atoms with Crippen molar-refractivity contribution in [2.45, 2.75) is 39.2 Å². The van der Waals surface area contributed by atoms with Crippen LogP contribution >= 0.6 is 0 Å². The summed E-state index contributed by atoms with van der Waals surface area (Å²) in [6, 6.07) is 7.46. The van der Waals surface area contributed by atoms with Crippen LogP contribution in [0.4, 0.5) is 0 Å². The molecule has 2 amide bonds. The maximum Gasteiger partial charge on any atom is 0.307 e. The highest BCUT2D eigenvalue weighted by Gasteiger charge is 2.23. The Bertz CT molecular complexity index is 691. The van der Waals surface area contributed by atoms with Crippen molar-refractivity contribution in [3.63, 3.8) is 0 Å². The number of ether oxygens (including phenoxy) is 1. The molecule has 0 heterocycles. The Labute approximate surface area is 160 Å². The molecule has 1 saturated carbocycles. The van der Waals surface area contributed by atoms with Gasteiger partial charge in [0.15, 0.2) is 0 Å². The summed E-state index contributed by atoms with van der Waals surface area (Å²) in [6.07, 6.45) is 5.50. The zero-order valence-corrected chi connectivity index (χ0v) is 16.2. The van der Waals surface area contributed by atoms with Crippen LogP contribution in [0.15, 0.2) is 30.3 Å². The number of amides is 2. The van der Waals surface area contributed by atoms with E-state index < -0.39 is 0 Å². The molecule has 1 N–H and O–H groups in total. The Morgan fingerprint density at radius 1 is 1.22 bits per heavy atom. The van der Waals surface area contributed by atoms with Crippen molar-refractivity contribution in [3.8, 4) is 0 Å². The van der Waals surface area contributed by atoms with Gasteiger partial charge in [0.1, 0.15) is 0 Å². The van der Waals surface area contributed by atoms with Crippen molar-refractivity contribution in [3.05, 3.63) is 41.5 Å². The topological polar surface area (TPSA) is 75.7 Å². The van der Waals surface area contributed by atoms with Crippen LogP contribution in [0.5, 0.6) is 0 Å². The molecule has 0 bridgehead atoms. The Morgan fingerprint density at radius 2 is 1.89 bits per heavy atom. The van der Waals surface area contributed by atoms with Crippen molar-refractivity contribution >= 4 is 23.9 Å². The Hall–Kier alpha value is -2.63. The summed E-state index contributed by atoms with van der Waals surface area (Å²) in [6.45, 7) is 4.94. The van der Waals surface area contributed by atoms with Crippen molar-refractivity contribution in [1.82, 2.24) is 10.2 Å². The lowest BCUT2D eigenvalue weighted by Crippen LogP contribution is -2.34. The van der Waals surface area contributed by atoms with Gasteiger partial charge in [0.2, 0.25) is 5.91 Å². The molecule has 1 fully saturated rings. The molecule has 0 radical (unpaired) electrons. The SMILES string of the molecule is COC(=O)CCN(CC(C)C)C(=O)/C=C/c1ccc(C(=O)NC2CC2)cc1. The average molecular weight is 372 g/mol. The first-order valence-corrected chi connectivity index (χ1v) is 9.33. The molecule has 146 valence electrons. The second kappa shape index (κ2) is 9.90. The highest BCUT2D eigenvalue weighted by Crippen LogP contribution is 2.19. The van der Waals surface area contributed by atoms with E-state index in [0.717, 1.165) is 18.4 Å². The predicted molar refractivity (Wildman–Crippen MR) is 104 cm³/mol. The van der Waals surface area contributed by atoms with Crippen LogP contribution in [-0.4, -0.2) is 48.9 Å². The summed E-state index contributed by atoms with van der Waals surface area (Å²) in [5, 5.41) is 2.95. The molecule has 0 spiro atoms. The van der Waals surface area contributed by atoms with Crippen LogP contribution < -0.4 is 5.32 Å². The summed E-state index contributed by atoms with van der Waals surface area (Å²) in [5.74, 6) is -0.247. The van der Waals surface area contributed by atoms with E-state index in [1.54, 1.807) is 23.1 Å². The number of carbonyl (C=O) groups excluding carboxylic acids is 3. The summed E-state index contributed by atoms with van der Waals surface area (Å²) in [7, 11) is 1.34. The van der Waals surface area contributed by atoms with Gasteiger partial charge in [-0.2, -0.15) is 0 Å². The van der Waals surface area contributed by atoms with Gasteiger partial charge in [-0.3, -0.25) is 14.4 Å². The van der Waals surface area contributed by atoms with E-state index in [4.69, 9.17) is 0 Å². The molecule has 6 nitrogen and oxygen atoms in total. The normalized spacial score (nSPS) is 13.6. The highest BCUT2D eigenvalue weighted by molar-refractivity contribution is 5.95. The van der Waals surface area contributed by atoms with Gasteiger partial charge in [-0.05, 0) is 42.5 Å². The van der Waals surface area contributed by atoms with Crippen LogP contribution in [0.2, 0.25) is 0 Å². The first-order chi connectivity index (χ1) is 12.9. The highest BCUT2D eigenvalue weighted by atomic mass is 16.5. The van der Waals surface area contributed by atoms with E-state index in [1.165, 1.54) is 13.2 Å². The van der Waals surface area contributed by atoms with Crippen LogP contribution in [0.3, 0.4) is 0 Å². The van der Waals surface area contributed by atoms with Gasteiger partial charge in [0.25, 0.3) is 5.91 Å². The van der Waals surface area contributed by atoms with Crippen LogP contribution in [0.1, 0.15) is 49.0 Å². The summed E-state index contributed by atoms with van der Waals surface area (Å²) in [5.41, 5.74) is 1.45. The smallest absolute Gasteiger partial charge is 0.307 e. The van der Waals surface area contributed by atoms with Crippen LogP contribution in [-0.2, 0) is 14.3 Å². The van der Waals surface area contributed by atoms with E-state index in [-0.39, 0.29) is 24.2 Å². The number of benzene rings is 1. The fourth-order valence-electron chi connectivity index (χ4n) is 2.58. The number of nitrogens with one attached hydrogen (secondary N) is 1. The molecule has 0 saturated heterocycles. The second-order valence-electron chi connectivity index (χ2n) is 7.21. The Kier molecular flexibility index (Phi) is 7.58. The largest absolute Gasteiger partial charge is 0.469 e. The summed E-state index contributed by atoms with van der Waals surface area (Å²) < 4.78 is 4.65. The number of rotatable bonds is 9. The fraction of sp³-hybridized carbons (Fsp3) is 0.476. The van der Waals surface area contributed by atoms with Gasteiger partial charge in [-0.1, -0.05) is 26.0 Å². The molecule has 1 aromatic rings. The lowest BCUT2D eigenvalue weighted by molar-refractivity contribution is -0.141. The van der Waals surface area contributed by atoms with Crippen LogP contribution in [0, 0.1) is 5.92 Å². The van der Waals surface area contributed by atoms with E-state index in [9.17, 15) is 14.4 Å². The molecule has 1 aliphatic carbocycles. The third-order valence-corrected chi connectivity index (χ3v) is 4.21. The molecule has 2 rings (SSSR count). The molecule has 0 unspecified atom stereocenters. The molecule has 6 heteroatoms. The van der Waals surface area contributed by atoms with E-state index in [0.29, 0.717) is 30.6 Å². The third kappa shape index (κ3) is 7.25. The van der Waals surface area contributed by atoms with Crippen molar-refractivity contribution in [2.24, 2.45) is 5.92 Å². The molecule has 1 aliphatic rings. The maximum atomic E-state index is 12.5. The van der Waals surface area contributed by atoms with Gasteiger partial charge in [0, 0.05) is 30.8 Å². The van der Waals surface area contributed by atoms with Gasteiger partial charge >= 0.3 is 5.97 Å². The van der Waals surface area contributed by atoms with E-state index in [2.05, 4.69) is 10.1 Å². The zero-order valence-electron chi connectivity index (χ0n) is 16.2. The van der Waals surface area contributed by atoms with Crippen molar-refractivity contribution < 1.29 is 19.1 Å². The summed E-state index contributed by atoms with van der Waals surface area (Å²) in [4.78, 5) is 37.5. The number of hydrogen-bond acceptors (Lipinski definition) is 4. The second-order valence-corrected chi connectivity index (χ2v) is 7.21. The molecular weight excluding hydrogens is 344 g/mol. The zero-order chi connectivity index (χ0) is 19.8.